The maximum absolute atomic E-state index is 13.8. The number of carbonyl (C=O) groups excluding carboxylic acids is 2. The van der Waals surface area contributed by atoms with Crippen molar-refractivity contribution < 1.29 is 18.0 Å². The lowest BCUT2D eigenvalue weighted by Gasteiger charge is -2.32. The number of carbonyl (C=O) groups is 2. The van der Waals surface area contributed by atoms with E-state index in [1.165, 1.54) is 4.31 Å². The van der Waals surface area contributed by atoms with E-state index in [2.05, 4.69) is 5.32 Å². The summed E-state index contributed by atoms with van der Waals surface area (Å²) in [6.07, 6.45) is 1.87. The van der Waals surface area contributed by atoms with E-state index < -0.39 is 16.1 Å². The number of sulfonamides is 1. The van der Waals surface area contributed by atoms with Gasteiger partial charge in [0.1, 0.15) is 6.04 Å². The van der Waals surface area contributed by atoms with Crippen LogP contribution in [0.3, 0.4) is 0 Å². The number of hydrogen-bond acceptors (Lipinski definition) is 4. The lowest BCUT2D eigenvalue weighted by molar-refractivity contribution is -0.141. The molecular weight excluding hydrogens is 534 g/mol. The summed E-state index contributed by atoms with van der Waals surface area (Å²) >= 11 is 6.22. The Kier molecular flexibility index (Phi) is 10.9. The highest BCUT2D eigenvalue weighted by Gasteiger charge is 2.30. The van der Waals surface area contributed by atoms with Crippen LogP contribution in [0.25, 0.3) is 0 Å². The van der Waals surface area contributed by atoms with Gasteiger partial charge in [-0.2, -0.15) is 0 Å². The molecule has 1 atom stereocenters. The van der Waals surface area contributed by atoms with Gasteiger partial charge in [0.25, 0.3) is 0 Å². The van der Waals surface area contributed by atoms with Gasteiger partial charge >= 0.3 is 0 Å². The third-order valence-electron chi connectivity index (χ3n) is 6.40. The Hall–Kier alpha value is -3.36. The van der Waals surface area contributed by atoms with Crippen molar-refractivity contribution in [2.24, 2.45) is 0 Å². The first kappa shape index (κ1) is 30.2. The number of hydrogen-bond donors (Lipinski definition) is 1. The van der Waals surface area contributed by atoms with Gasteiger partial charge in [-0.1, -0.05) is 72.3 Å². The summed E-state index contributed by atoms with van der Waals surface area (Å²) in [5.41, 5.74) is 3.15. The number of aryl methyl sites for hydroxylation is 1. The normalized spacial score (nSPS) is 12.0. The highest BCUT2D eigenvalue weighted by atomic mass is 35.5. The van der Waals surface area contributed by atoms with Crippen LogP contribution in [0.1, 0.15) is 36.5 Å². The summed E-state index contributed by atoms with van der Waals surface area (Å²) in [6.45, 7) is 4.47. The van der Waals surface area contributed by atoms with E-state index in [-0.39, 0.29) is 31.3 Å². The minimum atomic E-state index is -3.56. The molecule has 0 unspecified atom stereocenters. The van der Waals surface area contributed by atoms with E-state index >= 15 is 0 Å². The van der Waals surface area contributed by atoms with Gasteiger partial charge in [-0.15, -0.1) is 0 Å². The highest BCUT2D eigenvalue weighted by Crippen LogP contribution is 2.23. The summed E-state index contributed by atoms with van der Waals surface area (Å²) in [5.74, 6) is -0.477. The Morgan fingerprint density at radius 3 is 2.26 bits per heavy atom. The third kappa shape index (κ3) is 8.83. The Bertz CT molecular complexity index is 1370. The number of benzene rings is 3. The molecule has 3 aromatic rings. The summed E-state index contributed by atoms with van der Waals surface area (Å²) in [7, 11) is -3.56. The fraction of sp³-hybridized carbons (Fsp3) is 0.333. The van der Waals surface area contributed by atoms with E-state index in [9.17, 15) is 18.0 Å². The monoisotopic (exact) mass is 569 g/mol. The molecule has 3 rings (SSSR count). The minimum Gasteiger partial charge on any atom is -0.355 e. The van der Waals surface area contributed by atoms with Crippen LogP contribution in [-0.4, -0.2) is 50.5 Å². The first-order valence-electron chi connectivity index (χ1n) is 13.0. The standard InChI is InChI=1S/C30H36ClN3O4S/c1-4-32-30(36)28(21-24-13-6-5-7-14-24)33(22-25-15-10-16-26(31)20-25)29(35)18-11-19-34(39(3,37)38)27-17-9-8-12-23(27)2/h5-10,12-17,20,28H,4,11,18-19,21-22H2,1-3H3,(H,32,36)/t28-/m0/s1. The van der Waals surface area contributed by atoms with Crippen LogP contribution >= 0.6 is 11.6 Å². The van der Waals surface area contributed by atoms with E-state index in [0.717, 1.165) is 22.9 Å². The Balaban J connectivity index is 1.87. The summed E-state index contributed by atoms with van der Waals surface area (Å²) in [5, 5.41) is 3.42. The number of nitrogens with zero attached hydrogens (tertiary/aromatic N) is 2. The first-order chi connectivity index (χ1) is 18.6. The number of anilines is 1. The predicted molar refractivity (Wildman–Crippen MR) is 157 cm³/mol. The fourth-order valence-corrected chi connectivity index (χ4v) is 5.74. The van der Waals surface area contributed by atoms with Crippen molar-refractivity contribution >= 4 is 39.1 Å². The Morgan fingerprint density at radius 1 is 0.949 bits per heavy atom. The molecule has 0 radical (unpaired) electrons. The fourth-order valence-electron chi connectivity index (χ4n) is 4.50. The van der Waals surface area contributed by atoms with Gasteiger partial charge in [0.05, 0.1) is 11.9 Å². The van der Waals surface area contributed by atoms with Gasteiger partial charge in [0.2, 0.25) is 21.8 Å². The SMILES string of the molecule is CCNC(=O)[C@H](Cc1ccccc1)N(Cc1cccc(Cl)c1)C(=O)CCCN(c1ccccc1C)S(C)(=O)=O. The molecule has 0 spiro atoms. The maximum Gasteiger partial charge on any atom is 0.243 e. The molecule has 0 aliphatic heterocycles. The summed E-state index contributed by atoms with van der Waals surface area (Å²) in [4.78, 5) is 28.6. The zero-order chi connectivity index (χ0) is 28.4. The topological polar surface area (TPSA) is 86.8 Å². The molecule has 9 heteroatoms. The predicted octanol–water partition coefficient (Wildman–Crippen LogP) is 4.97. The number of halogens is 1. The van der Waals surface area contributed by atoms with Gasteiger partial charge < -0.3 is 10.2 Å². The maximum atomic E-state index is 13.8. The van der Waals surface area contributed by atoms with Crippen LogP contribution < -0.4 is 9.62 Å². The number of amides is 2. The average molecular weight is 570 g/mol. The first-order valence-corrected chi connectivity index (χ1v) is 15.2. The van der Waals surface area contributed by atoms with Gasteiger partial charge in [-0.3, -0.25) is 13.9 Å². The molecule has 208 valence electrons. The Morgan fingerprint density at radius 2 is 1.62 bits per heavy atom. The van der Waals surface area contributed by atoms with Crippen molar-refractivity contribution in [1.82, 2.24) is 10.2 Å². The number of para-hydroxylation sites is 1. The molecule has 39 heavy (non-hydrogen) atoms. The lowest BCUT2D eigenvalue weighted by atomic mass is 10.0. The molecule has 0 saturated carbocycles. The number of nitrogens with one attached hydrogen (secondary N) is 1. The van der Waals surface area contributed by atoms with Crippen LogP contribution in [0.2, 0.25) is 5.02 Å². The molecule has 0 aromatic heterocycles. The largest absolute Gasteiger partial charge is 0.355 e. The van der Waals surface area contributed by atoms with E-state index in [1.807, 2.05) is 68.4 Å². The zero-order valence-corrected chi connectivity index (χ0v) is 24.2. The minimum absolute atomic E-state index is 0.0726. The van der Waals surface area contributed by atoms with Crippen molar-refractivity contribution in [3.05, 3.63) is 101 Å². The third-order valence-corrected chi connectivity index (χ3v) is 7.82. The van der Waals surface area contributed by atoms with Gasteiger partial charge in [-0.25, -0.2) is 8.42 Å². The second-order valence-electron chi connectivity index (χ2n) is 9.48. The highest BCUT2D eigenvalue weighted by molar-refractivity contribution is 7.92. The molecule has 3 aromatic carbocycles. The van der Waals surface area contributed by atoms with Crippen LogP contribution in [0.15, 0.2) is 78.9 Å². The molecule has 0 saturated heterocycles. The van der Waals surface area contributed by atoms with Crippen molar-refractivity contribution in [3.63, 3.8) is 0 Å². The van der Waals surface area contributed by atoms with Gasteiger partial charge in [0.15, 0.2) is 0 Å². The molecule has 0 heterocycles. The van der Waals surface area contributed by atoms with E-state index in [1.54, 1.807) is 29.2 Å². The number of likely N-dealkylation sites (N-methyl/N-ethyl adjacent to an activating group) is 1. The molecular formula is C30H36ClN3O4S. The van der Waals surface area contributed by atoms with Crippen LogP contribution in [0.4, 0.5) is 5.69 Å². The number of rotatable bonds is 13. The van der Waals surface area contributed by atoms with Crippen LogP contribution in [-0.2, 0) is 32.6 Å². The van der Waals surface area contributed by atoms with E-state index in [0.29, 0.717) is 30.1 Å². The molecule has 0 aliphatic carbocycles. The van der Waals surface area contributed by atoms with Gasteiger partial charge in [0, 0.05) is 37.5 Å². The van der Waals surface area contributed by atoms with Crippen molar-refractivity contribution in [1.29, 1.82) is 0 Å². The van der Waals surface area contributed by atoms with Crippen molar-refractivity contribution in [3.8, 4) is 0 Å². The molecule has 2 amide bonds. The summed E-state index contributed by atoms with van der Waals surface area (Å²) in [6, 6.07) is 23.3. The molecule has 1 N–H and O–H groups in total. The zero-order valence-electron chi connectivity index (χ0n) is 22.6. The quantitative estimate of drug-likeness (QED) is 0.315. The van der Waals surface area contributed by atoms with E-state index in [4.69, 9.17) is 11.6 Å². The van der Waals surface area contributed by atoms with Gasteiger partial charge in [-0.05, 0) is 55.2 Å². The molecule has 7 nitrogen and oxygen atoms in total. The van der Waals surface area contributed by atoms with Crippen LogP contribution in [0, 0.1) is 6.92 Å². The average Bonchev–Trinajstić information content (AvgIpc) is 2.89. The molecule has 0 aliphatic rings. The second-order valence-corrected chi connectivity index (χ2v) is 11.8. The van der Waals surface area contributed by atoms with Crippen molar-refractivity contribution in [2.75, 3.05) is 23.7 Å². The lowest BCUT2D eigenvalue weighted by Crippen LogP contribution is -2.50. The Labute approximate surface area is 236 Å². The van der Waals surface area contributed by atoms with Crippen LogP contribution in [0.5, 0.6) is 0 Å². The summed E-state index contributed by atoms with van der Waals surface area (Å²) < 4.78 is 26.5. The second kappa shape index (κ2) is 14.1. The smallest absolute Gasteiger partial charge is 0.243 e. The molecule has 0 bridgehead atoms. The molecule has 0 fully saturated rings. The van der Waals surface area contributed by atoms with Crippen molar-refractivity contribution in [2.45, 2.75) is 45.7 Å².